The molecule has 83 valence electrons. The molecule has 1 aromatic rings. The van der Waals surface area contributed by atoms with E-state index in [4.69, 9.17) is 14.2 Å². The van der Waals surface area contributed by atoms with Gasteiger partial charge in [-0.25, -0.2) is 0 Å². The monoisotopic (exact) mass is 209 g/mol. The van der Waals surface area contributed by atoms with Gasteiger partial charge >= 0.3 is 0 Å². The summed E-state index contributed by atoms with van der Waals surface area (Å²) in [4.78, 5) is 0. The van der Waals surface area contributed by atoms with E-state index in [0.717, 1.165) is 0 Å². The van der Waals surface area contributed by atoms with Crippen LogP contribution in [0.25, 0.3) is 0 Å². The van der Waals surface area contributed by atoms with Gasteiger partial charge < -0.3 is 14.2 Å². The van der Waals surface area contributed by atoms with Crippen molar-refractivity contribution in [3.63, 3.8) is 0 Å². The van der Waals surface area contributed by atoms with Gasteiger partial charge in [-0.15, -0.1) is 0 Å². The highest BCUT2D eigenvalue weighted by atomic mass is 16.8. The Morgan fingerprint density at radius 1 is 1.27 bits per heavy atom. The third kappa shape index (κ3) is 4.81. The van der Waals surface area contributed by atoms with Gasteiger partial charge in [-0.3, -0.25) is 0 Å². The third-order valence-corrected chi connectivity index (χ3v) is 1.76. The lowest BCUT2D eigenvalue weighted by Gasteiger charge is -2.19. The van der Waals surface area contributed by atoms with E-state index in [1.54, 1.807) is 6.07 Å². The van der Waals surface area contributed by atoms with Crippen molar-refractivity contribution in [3.8, 4) is 5.75 Å². The lowest BCUT2D eigenvalue weighted by atomic mass is 10.3. The first-order valence-electron chi connectivity index (χ1n) is 5.12. The summed E-state index contributed by atoms with van der Waals surface area (Å²) in [6.45, 7) is 6.23. The maximum absolute atomic E-state index is 5.47. The van der Waals surface area contributed by atoms with Gasteiger partial charge in [0.25, 0.3) is 0 Å². The summed E-state index contributed by atoms with van der Waals surface area (Å²) in [6, 6.07) is 10.4. The van der Waals surface area contributed by atoms with Crippen LogP contribution in [-0.4, -0.2) is 19.2 Å². The summed E-state index contributed by atoms with van der Waals surface area (Å²) >= 11 is 0. The first-order chi connectivity index (χ1) is 7.22. The maximum Gasteiger partial charge on any atom is 0.199 e. The standard InChI is InChI=1S/C12H17O3/c1-4-13-10(2)14-11(3)15-12-8-6-5-7-9-12/h5-8,10-11H,4H2,1-3H3. The third-order valence-electron chi connectivity index (χ3n) is 1.76. The lowest BCUT2D eigenvalue weighted by molar-refractivity contribution is -0.202. The molecule has 0 aromatic heterocycles. The highest BCUT2D eigenvalue weighted by Crippen LogP contribution is 2.11. The Kier molecular flexibility index (Phi) is 5.15. The molecule has 2 unspecified atom stereocenters. The lowest BCUT2D eigenvalue weighted by Crippen LogP contribution is -2.24. The van der Waals surface area contributed by atoms with Crippen molar-refractivity contribution < 1.29 is 14.2 Å². The van der Waals surface area contributed by atoms with E-state index < -0.39 is 0 Å². The van der Waals surface area contributed by atoms with Gasteiger partial charge in [0.05, 0.1) is 0 Å². The summed E-state index contributed by atoms with van der Waals surface area (Å²) in [5, 5.41) is 0. The highest BCUT2D eigenvalue weighted by molar-refractivity contribution is 5.19. The molecule has 0 saturated heterocycles. The van der Waals surface area contributed by atoms with E-state index in [1.165, 1.54) is 0 Å². The summed E-state index contributed by atoms with van der Waals surface area (Å²) in [6.07, 6.45) is -0.598. The molecule has 0 aliphatic carbocycles. The van der Waals surface area contributed by atoms with Crippen molar-refractivity contribution in [3.05, 3.63) is 30.3 Å². The van der Waals surface area contributed by atoms with Crippen LogP contribution < -0.4 is 4.74 Å². The molecule has 0 aliphatic rings. The van der Waals surface area contributed by atoms with Gasteiger partial charge in [0, 0.05) is 12.7 Å². The van der Waals surface area contributed by atoms with Crippen LogP contribution in [-0.2, 0) is 9.47 Å². The van der Waals surface area contributed by atoms with Crippen LogP contribution in [0.15, 0.2) is 24.3 Å². The molecule has 15 heavy (non-hydrogen) atoms. The van der Waals surface area contributed by atoms with E-state index in [9.17, 15) is 0 Å². The van der Waals surface area contributed by atoms with Crippen molar-refractivity contribution in [2.75, 3.05) is 6.61 Å². The van der Waals surface area contributed by atoms with Crippen molar-refractivity contribution in [2.24, 2.45) is 0 Å². The molecular formula is C12H17O3. The van der Waals surface area contributed by atoms with Crippen LogP contribution in [0.5, 0.6) is 5.75 Å². The van der Waals surface area contributed by atoms with Gasteiger partial charge in [-0.1, -0.05) is 18.2 Å². The number of benzene rings is 1. The molecule has 0 aliphatic heterocycles. The molecular weight excluding hydrogens is 192 g/mol. The minimum Gasteiger partial charge on any atom is -0.465 e. The van der Waals surface area contributed by atoms with Gasteiger partial charge in [0.1, 0.15) is 5.75 Å². The molecule has 1 radical (unpaired) electrons. The topological polar surface area (TPSA) is 27.7 Å². The minimum atomic E-state index is -0.342. The zero-order valence-corrected chi connectivity index (χ0v) is 9.40. The summed E-state index contributed by atoms with van der Waals surface area (Å²) in [5.41, 5.74) is 0. The summed E-state index contributed by atoms with van der Waals surface area (Å²) < 4.78 is 16.1. The van der Waals surface area contributed by atoms with E-state index in [-0.39, 0.29) is 12.6 Å². The van der Waals surface area contributed by atoms with E-state index in [0.29, 0.717) is 12.4 Å². The summed E-state index contributed by atoms with van der Waals surface area (Å²) in [5.74, 6) is 0.675. The Hall–Kier alpha value is -1.06. The maximum atomic E-state index is 5.47. The molecule has 2 atom stereocenters. The van der Waals surface area contributed by atoms with Gasteiger partial charge in [0.15, 0.2) is 12.6 Å². The molecule has 1 aromatic carbocycles. The Bertz CT molecular complexity index is 261. The molecule has 0 saturated carbocycles. The molecule has 0 heterocycles. The SMILES string of the molecule is CCOC(C)OC(C)Oc1[c]cccc1. The fourth-order valence-corrected chi connectivity index (χ4v) is 1.20. The van der Waals surface area contributed by atoms with Crippen LogP contribution in [0.3, 0.4) is 0 Å². The molecule has 1 rings (SSSR count). The fourth-order valence-electron chi connectivity index (χ4n) is 1.20. The second-order valence-corrected chi connectivity index (χ2v) is 3.07. The second kappa shape index (κ2) is 6.43. The summed E-state index contributed by atoms with van der Waals surface area (Å²) in [7, 11) is 0. The number of hydrogen-bond acceptors (Lipinski definition) is 3. The average molecular weight is 209 g/mol. The van der Waals surface area contributed by atoms with Crippen molar-refractivity contribution in [2.45, 2.75) is 33.4 Å². The van der Waals surface area contributed by atoms with Gasteiger partial charge in [0.2, 0.25) is 0 Å². The van der Waals surface area contributed by atoms with Crippen LogP contribution in [0.1, 0.15) is 20.8 Å². The number of ether oxygens (including phenoxy) is 3. The predicted molar refractivity (Wildman–Crippen MR) is 57.5 cm³/mol. The van der Waals surface area contributed by atoms with Crippen LogP contribution in [0.4, 0.5) is 0 Å². The Morgan fingerprint density at radius 3 is 2.67 bits per heavy atom. The highest BCUT2D eigenvalue weighted by Gasteiger charge is 2.09. The quantitative estimate of drug-likeness (QED) is 0.674. The molecule has 0 bridgehead atoms. The van der Waals surface area contributed by atoms with Gasteiger partial charge in [-0.05, 0) is 26.8 Å². The molecule has 0 fully saturated rings. The molecule has 3 heteroatoms. The minimum absolute atomic E-state index is 0.256. The predicted octanol–water partition coefficient (Wildman–Crippen LogP) is 2.61. The van der Waals surface area contributed by atoms with E-state index >= 15 is 0 Å². The van der Waals surface area contributed by atoms with Crippen molar-refractivity contribution in [1.82, 2.24) is 0 Å². The molecule has 0 amide bonds. The van der Waals surface area contributed by atoms with Crippen LogP contribution >= 0.6 is 0 Å². The van der Waals surface area contributed by atoms with Gasteiger partial charge in [-0.2, -0.15) is 0 Å². The number of hydrogen-bond donors (Lipinski definition) is 0. The fraction of sp³-hybridized carbons (Fsp3) is 0.500. The number of para-hydroxylation sites is 1. The van der Waals surface area contributed by atoms with E-state index in [2.05, 4.69) is 6.07 Å². The molecule has 0 spiro atoms. The smallest absolute Gasteiger partial charge is 0.199 e. The van der Waals surface area contributed by atoms with Crippen molar-refractivity contribution in [1.29, 1.82) is 0 Å². The largest absolute Gasteiger partial charge is 0.465 e. The molecule has 3 nitrogen and oxygen atoms in total. The Labute approximate surface area is 91.0 Å². The zero-order chi connectivity index (χ0) is 11.1. The normalized spacial score (nSPS) is 14.6. The second-order valence-electron chi connectivity index (χ2n) is 3.07. The van der Waals surface area contributed by atoms with E-state index in [1.807, 2.05) is 39.0 Å². The number of rotatable bonds is 6. The first-order valence-corrected chi connectivity index (χ1v) is 5.12. The van der Waals surface area contributed by atoms with Crippen LogP contribution in [0, 0.1) is 6.07 Å². The van der Waals surface area contributed by atoms with Crippen LogP contribution in [0.2, 0.25) is 0 Å². The Balaban J connectivity index is 2.33. The average Bonchev–Trinajstić information content (AvgIpc) is 2.19. The first kappa shape index (κ1) is 12.0. The van der Waals surface area contributed by atoms with Crippen molar-refractivity contribution >= 4 is 0 Å². The Morgan fingerprint density at radius 2 is 2.07 bits per heavy atom. The zero-order valence-electron chi connectivity index (χ0n) is 9.40. The molecule has 0 N–H and O–H groups in total.